The monoisotopic (exact) mass is 449 g/mol. The first-order chi connectivity index (χ1) is 15.5. The minimum Gasteiger partial charge on any atom is -0.496 e. The molecule has 1 aliphatic heterocycles. The molecule has 0 saturated carbocycles. The highest BCUT2D eigenvalue weighted by Crippen LogP contribution is 2.32. The zero-order valence-electron chi connectivity index (χ0n) is 19.1. The van der Waals surface area contributed by atoms with Crippen LogP contribution in [0.2, 0.25) is 0 Å². The number of nitrogens with one attached hydrogen (secondary N) is 1. The lowest BCUT2D eigenvalue weighted by Gasteiger charge is -2.29. The maximum Gasteiger partial charge on any atom is 0.225 e. The van der Waals surface area contributed by atoms with Gasteiger partial charge in [-0.3, -0.25) is 9.69 Å². The largest absolute Gasteiger partial charge is 0.496 e. The Kier molecular flexibility index (Phi) is 7.22. The molecule has 2 heterocycles. The van der Waals surface area contributed by atoms with Crippen LogP contribution in [-0.2, 0) is 11.2 Å². The van der Waals surface area contributed by atoms with Gasteiger partial charge in [-0.25, -0.2) is 4.98 Å². The Morgan fingerprint density at radius 3 is 2.56 bits per heavy atom. The number of likely N-dealkylation sites (tertiary alicyclic amines) is 1. The molecule has 0 radical (unpaired) electrons. The van der Waals surface area contributed by atoms with Crippen molar-refractivity contribution in [3.8, 4) is 17.0 Å². The highest BCUT2D eigenvalue weighted by Gasteiger charge is 2.26. The van der Waals surface area contributed by atoms with Gasteiger partial charge < -0.3 is 10.1 Å². The van der Waals surface area contributed by atoms with Crippen LogP contribution in [0.15, 0.2) is 48.5 Å². The van der Waals surface area contributed by atoms with Gasteiger partial charge in [0.2, 0.25) is 5.91 Å². The molecule has 1 N–H and O–H groups in total. The highest BCUT2D eigenvalue weighted by atomic mass is 32.1. The number of nitrogens with zero attached hydrogens (tertiary/aromatic N) is 2. The molecule has 168 valence electrons. The first-order valence-corrected chi connectivity index (χ1v) is 12.0. The molecule has 32 heavy (non-hydrogen) atoms. The molecule has 3 aromatic rings. The molecule has 5 nitrogen and oxygen atoms in total. The predicted octanol–water partition coefficient (Wildman–Crippen LogP) is 4.93. The highest BCUT2D eigenvalue weighted by molar-refractivity contribution is 7.12. The molecule has 1 fully saturated rings. The minimum absolute atomic E-state index is 0.0288. The Hall–Kier alpha value is -2.70. The summed E-state index contributed by atoms with van der Waals surface area (Å²) in [5.74, 6) is 0.902. The quantitative estimate of drug-likeness (QED) is 0.530. The summed E-state index contributed by atoms with van der Waals surface area (Å²) < 4.78 is 5.62. The Bertz CT molecular complexity index is 1060. The summed E-state index contributed by atoms with van der Waals surface area (Å²) in [5, 5.41) is 4.18. The van der Waals surface area contributed by atoms with E-state index in [2.05, 4.69) is 47.5 Å². The first-order valence-electron chi connectivity index (χ1n) is 11.2. The smallest absolute Gasteiger partial charge is 0.225 e. The average Bonchev–Trinajstić information content (AvgIpc) is 3.45. The zero-order chi connectivity index (χ0) is 22.5. The molecular formula is C26H31N3O2S. The predicted molar refractivity (Wildman–Crippen MR) is 130 cm³/mol. The minimum atomic E-state index is 0.0288. The van der Waals surface area contributed by atoms with E-state index in [-0.39, 0.29) is 11.9 Å². The van der Waals surface area contributed by atoms with Crippen LogP contribution in [-0.4, -0.2) is 42.5 Å². The second-order valence-corrected chi connectivity index (χ2v) is 9.64. The first kappa shape index (κ1) is 22.5. The normalized spacial score (nSPS) is 15.0. The molecule has 0 bridgehead atoms. The number of ether oxygens (including phenoxy) is 1. The van der Waals surface area contributed by atoms with Gasteiger partial charge in [-0.15, -0.1) is 11.3 Å². The Morgan fingerprint density at radius 1 is 1.12 bits per heavy atom. The Labute approximate surface area is 194 Å². The maximum atomic E-state index is 13.0. The molecule has 0 aliphatic carbocycles. The summed E-state index contributed by atoms with van der Waals surface area (Å²) in [6, 6.07) is 16.6. The summed E-state index contributed by atoms with van der Waals surface area (Å²) in [6.07, 6.45) is 2.73. The SMILES string of the molecule is COc1ccccc1C(CNC(=O)Cc1sc(C)nc1-c1ccc(C)cc1)N1CCCC1. The molecule has 2 aromatic carbocycles. The van der Waals surface area contributed by atoms with Crippen molar-refractivity contribution in [3.05, 3.63) is 69.5 Å². The van der Waals surface area contributed by atoms with Crippen molar-refractivity contribution in [1.82, 2.24) is 15.2 Å². The fourth-order valence-electron chi connectivity index (χ4n) is 4.38. The fourth-order valence-corrected chi connectivity index (χ4v) is 5.33. The van der Waals surface area contributed by atoms with Crippen molar-refractivity contribution in [2.75, 3.05) is 26.7 Å². The van der Waals surface area contributed by atoms with E-state index >= 15 is 0 Å². The molecule has 4 rings (SSSR count). The summed E-state index contributed by atoms with van der Waals surface area (Å²) in [5.41, 5.74) is 4.32. The van der Waals surface area contributed by atoms with Crippen molar-refractivity contribution in [1.29, 1.82) is 0 Å². The van der Waals surface area contributed by atoms with Gasteiger partial charge in [0.15, 0.2) is 0 Å². The molecular weight excluding hydrogens is 418 g/mol. The van der Waals surface area contributed by atoms with Crippen molar-refractivity contribution in [2.45, 2.75) is 39.2 Å². The number of methoxy groups -OCH3 is 1. The number of carbonyl (C=O) groups is 1. The standard InChI is InChI=1S/C26H31N3O2S/c1-18-10-12-20(13-11-18)26-24(32-19(2)28-26)16-25(30)27-17-22(29-14-6-7-15-29)21-8-4-5-9-23(21)31-3/h4-5,8-13,22H,6-7,14-17H2,1-3H3,(H,27,30). The average molecular weight is 450 g/mol. The van der Waals surface area contributed by atoms with Gasteiger partial charge in [0.05, 0.1) is 30.3 Å². The van der Waals surface area contributed by atoms with Crippen LogP contribution in [0.4, 0.5) is 0 Å². The molecule has 1 amide bonds. The number of aromatic nitrogens is 1. The number of rotatable bonds is 8. The fraction of sp³-hybridized carbons (Fsp3) is 0.385. The summed E-state index contributed by atoms with van der Waals surface area (Å²) >= 11 is 1.60. The van der Waals surface area contributed by atoms with Crippen molar-refractivity contribution in [3.63, 3.8) is 0 Å². The summed E-state index contributed by atoms with van der Waals surface area (Å²) in [6.45, 7) is 6.73. The van der Waals surface area contributed by atoms with E-state index in [4.69, 9.17) is 9.72 Å². The topological polar surface area (TPSA) is 54.5 Å². The van der Waals surface area contributed by atoms with Gasteiger partial charge in [-0.05, 0) is 45.8 Å². The van der Waals surface area contributed by atoms with Crippen molar-refractivity contribution < 1.29 is 9.53 Å². The molecule has 0 spiro atoms. The molecule has 6 heteroatoms. The maximum absolute atomic E-state index is 13.0. The number of para-hydroxylation sites is 1. The van der Waals surface area contributed by atoms with Gasteiger partial charge in [0, 0.05) is 22.5 Å². The number of hydrogen-bond donors (Lipinski definition) is 1. The van der Waals surface area contributed by atoms with Crippen LogP contribution in [0, 0.1) is 13.8 Å². The molecule has 1 aliphatic rings. The third-order valence-electron chi connectivity index (χ3n) is 6.02. The Balaban J connectivity index is 1.48. The number of thiazole rings is 1. The van der Waals surface area contributed by atoms with E-state index in [0.29, 0.717) is 13.0 Å². The van der Waals surface area contributed by atoms with Gasteiger partial charge in [0.25, 0.3) is 0 Å². The van der Waals surface area contributed by atoms with Gasteiger partial charge in [-0.1, -0.05) is 48.0 Å². The lowest BCUT2D eigenvalue weighted by Crippen LogP contribution is -2.37. The van der Waals surface area contributed by atoms with Crippen LogP contribution >= 0.6 is 11.3 Å². The van der Waals surface area contributed by atoms with Gasteiger partial charge >= 0.3 is 0 Å². The van der Waals surface area contributed by atoms with Crippen molar-refractivity contribution >= 4 is 17.2 Å². The van der Waals surface area contributed by atoms with Crippen LogP contribution in [0.1, 0.15) is 39.9 Å². The number of aryl methyl sites for hydroxylation is 2. The molecule has 1 aromatic heterocycles. The third-order valence-corrected chi connectivity index (χ3v) is 6.99. The van der Waals surface area contributed by atoms with Crippen LogP contribution in [0.25, 0.3) is 11.3 Å². The summed E-state index contributed by atoms with van der Waals surface area (Å²) in [7, 11) is 1.71. The lowest BCUT2D eigenvalue weighted by molar-refractivity contribution is -0.120. The third kappa shape index (κ3) is 5.19. The number of benzene rings is 2. The van der Waals surface area contributed by atoms with E-state index in [1.54, 1.807) is 18.4 Å². The number of amides is 1. The van der Waals surface area contributed by atoms with E-state index in [1.165, 1.54) is 18.4 Å². The van der Waals surface area contributed by atoms with E-state index < -0.39 is 0 Å². The van der Waals surface area contributed by atoms with E-state index in [0.717, 1.165) is 45.5 Å². The van der Waals surface area contributed by atoms with Crippen LogP contribution in [0.5, 0.6) is 5.75 Å². The molecule has 1 atom stereocenters. The zero-order valence-corrected chi connectivity index (χ0v) is 19.9. The van der Waals surface area contributed by atoms with Crippen LogP contribution < -0.4 is 10.1 Å². The Morgan fingerprint density at radius 2 is 1.84 bits per heavy atom. The lowest BCUT2D eigenvalue weighted by atomic mass is 10.0. The van der Waals surface area contributed by atoms with E-state index in [9.17, 15) is 4.79 Å². The second-order valence-electron chi connectivity index (χ2n) is 8.35. The van der Waals surface area contributed by atoms with Gasteiger partial charge in [0.1, 0.15) is 5.75 Å². The van der Waals surface area contributed by atoms with Crippen molar-refractivity contribution in [2.24, 2.45) is 0 Å². The van der Waals surface area contributed by atoms with E-state index in [1.807, 2.05) is 25.1 Å². The number of hydrogen-bond acceptors (Lipinski definition) is 5. The van der Waals surface area contributed by atoms with Gasteiger partial charge in [-0.2, -0.15) is 0 Å². The van der Waals surface area contributed by atoms with Crippen LogP contribution in [0.3, 0.4) is 0 Å². The molecule has 1 saturated heterocycles. The molecule has 1 unspecified atom stereocenters. The second kappa shape index (κ2) is 10.3. The summed E-state index contributed by atoms with van der Waals surface area (Å²) in [4.78, 5) is 21.2. The number of carbonyl (C=O) groups excluding carboxylic acids is 1.